The van der Waals surface area contributed by atoms with Crippen LogP contribution < -0.4 is 0 Å². The van der Waals surface area contributed by atoms with E-state index in [2.05, 4.69) is 216 Å². The molecule has 0 spiro atoms. The van der Waals surface area contributed by atoms with Crippen LogP contribution in [0.3, 0.4) is 0 Å². The van der Waals surface area contributed by atoms with Crippen molar-refractivity contribution in [2.24, 2.45) is 0 Å². The van der Waals surface area contributed by atoms with Crippen molar-refractivity contribution in [2.75, 3.05) is 0 Å². The van der Waals surface area contributed by atoms with Crippen molar-refractivity contribution in [1.29, 1.82) is 0 Å². The third-order valence-electron chi connectivity index (χ3n) is 12.2. The van der Waals surface area contributed by atoms with E-state index in [-0.39, 0.29) is 0 Å². The molecule has 2 aromatic heterocycles. The van der Waals surface area contributed by atoms with Crippen LogP contribution in [0.4, 0.5) is 0 Å². The number of para-hydroxylation sites is 4. The Balaban J connectivity index is 1.25. The van der Waals surface area contributed by atoms with E-state index in [1.54, 1.807) is 0 Å². The van der Waals surface area contributed by atoms with Crippen molar-refractivity contribution < 1.29 is 0 Å². The van der Waals surface area contributed by atoms with Gasteiger partial charge in [-0.25, -0.2) is 0 Å². The Morgan fingerprint density at radius 2 is 0.737 bits per heavy atom. The molecule has 0 radical (unpaired) electrons. The maximum atomic E-state index is 2.45. The van der Waals surface area contributed by atoms with Crippen LogP contribution in [-0.4, -0.2) is 9.13 Å². The predicted molar refractivity (Wildman–Crippen MR) is 243 cm³/mol. The van der Waals surface area contributed by atoms with Gasteiger partial charge in [0.1, 0.15) is 0 Å². The van der Waals surface area contributed by atoms with Gasteiger partial charge in [-0.05, 0) is 122 Å². The molecule has 266 valence electrons. The molecule has 57 heavy (non-hydrogen) atoms. The van der Waals surface area contributed by atoms with E-state index in [1.165, 1.54) is 104 Å². The highest BCUT2D eigenvalue weighted by Crippen LogP contribution is 2.47. The number of rotatable bonds is 4. The summed E-state index contributed by atoms with van der Waals surface area (Å²) in [5, 5.41) is 12.5. The van der Waals surface area contributed by atoms with Gasteiger partial charge in [0.05, 0.1) is 22.1 Å². The number of aryl methyl sites for hydroxylation is 1. The van der Waals surface area contributed by atoms with Gasteiger partial charge in [0.15, 0.2) is 0 Å². The molecule has 0 saturated heterocycles. The van der Waals surface area contributed by atoms with Gasteiger partial charge in [0.2, 0.25) is 0 Å². The summed E-state index contributed by atoms with van der Waals surface area (Å²) in [4.78, 5) is 0. The van der Waals surface area contributed by atoms with E-state index < -0.39 is 0 Å². The molecular formula is C55H36N2. The third kappa shape index (κ3) is 4.71. The highest BCUT2D eigenvalue weighted by atomic mass is 15.0. The fourth-order valence-corrected chi connectivity index (χ4v) is 9.68. The number of hydrogen-bond donors (Lipinski definition) is 0. The van der Waals surface area contributed by atoms with Gasteiger partial charge in [-0.3, -0.25) is 0 Å². The molecule has 2 nitrogen and oxygen atoms in total. The lowest BCUT2D eigenvalue weighted by molar-refractivity contribution is 1.18. The van der Waals surface area contributed by atoms with Gasteiger partial charge in [0, 0.05) is 32.9 Å². The Morgan fingerprint density at radius 3 is 1.28 bits per heavy atom. The lowest BCUT2D eigenvalue weighted by atomic mass is 9.84. The summed E-state index contributed by atoms with van der Waals surface area (Å²) in [5.41, 5.74) is 13.4. The monoisotopic (exact) mass is 724 g/mol. The Kier molecular flexibility index (Phi) is 6.88. The first-order valence-electron chi connectivity index (χ1n) is 19.8. The molecule has 12 aromatic rings. The smallest absolute Gasteiger partial charge is 0.0541 e. The van der Waals surface area contributed by atoms with Gasteiger partial charge in [-0.2, -0.15) is 0 Å². The van der Waals surface area contributed by atoms with Crippen molar-refractivity contribution >= 4 is 75.9 Å². The second-order valence-corrected chi connectivity index (χ2v) is 15.3. The normalized spacial score (nSPS) is 11.9. The van der Waals surface area contributed by atoms with Gasteiger partial charge < -0.3 is 9.13 Å². The number of hydrogen-bond acceptors (Lipinski definition) is 0. The van der Waals surface area contributed by atoms with Crippen LogP contribution in [-0.2, 0) is 0 Å². The Bertz CT molecular complexity index is 3490. The van der Waals surface area contributed by atoms with Crippen LogP contribution in [0.5, 0.6) is 0 Å². The fourth-order valence-electron chi connectivity index (χ4n) is 9.68. The van der Waals surface area contributed by atoms with Crippen molar-refractivity contribution in [1.82, 2.24) is 9.13 Å². The molecule has 10 aromatic carbocycles. The molecule has 0 aliphatic rings. The largest absolute Gasteiger partial charge is 0.309 e. The molecule has 2 heterocycles. The van der Waals surface area contributed by atoms with Crippen molar-refractivity contribution in [3.05, 3.63) is 206 Å². The Morgan fingerprint density at radius 1 is 0.298 bits per heavy atom. The van der Waals surface area contributed by atoms with E-state index in [9.17, 15) is 0 Å². The number of fused-ring (bicyclic) bond motifs is 9. The summed E-state index contributed by atoms with van der Waals surface area (Å²) in [6, 6.07) is 74.0. The summed E-state index contributed by atoms with van der Waals surface area (Å²) < 4.78 is 4.88. The topological polar surface area (TPSA) is 9.86 Å². The molecule has 0 N–H and O–H groups in total. The van der Waals surface area contributed by atoms with Crippen LogP contribution in [0.1, 0.15) is 5.56 Å². The predicted octanol–water partition coefficient (Wildman–Crippen LogP) is 15.0. The number of benzene rings is 10. The number of nitrogens with zero attached hydrogens (tertiary/aromatic N) is 2. The molecule has 2 heteroatoms. The van der Waals surface area contributed by atoms with Crippen LogP contribution in [0.25, 0.3) is 110 Å². The zero-order valence-electron chi connectivity index (χ0n) is 31.4. The average Bonchev–Trinajstić information content (AvgIpc) is 3.79. The maximum absolute atomic E-state index is 2.45. The summed E-state index contributed by atoms with van der Waals surface area (Å²) in [6.45, 7) is 2.24. The molecule has 0 saturated carbocycles. The van der Waals surface area contributed by atoms with Gasteiger partial charge in [0.25, 0.3) is 0 Å². The molecule has 0 aliphatic heterocycles. The van der Waals surface area contributed by atoms with E-state index in [1.807, 2.05) is 0 Å². The first-order valence-corrected chi connectivity index (χ1v) is 19.8. The molecule has 0 fully saturated rings. The fraction of sp³-hybridized carbons (Fsp3) is 0.0182. The zero-order chi connectivity index (χ0) is 37.6. The Hall–Kier alpha value is -7.42. The molecular weight excluding hydrogens is 689 g/mol. The lowest BCUT2D eigenvalue weighted by Gasteiger charge is -2.21. The van der Waals surface area contributed by atoms with Gasteiger partial charge in [-0.15, -0.1) is 0 Å². The minimum Gasteiger partial charge on any atom is -0.309 e. The molecule has 0 amide bonds. The molecule has 12 rings (SSSR count). The van der Waals surface area contributed by atoms with Crippen LogP contribution in [0, 0.1) is 6.92 Å². The van der Waals surface area contributed by atoms with Crippen LogP contribution >= 0.6 is 0 Å². The van der Waals surface area contributed by atoms with Crippen LogP contribution in [0.2, 0.25) is 0 Å². The van der Waals surface area contributed by atoms with Crippen LogP contribution in [0.15, 0.2) is 200 Å². The molecule has 0 atom stereocenters. The summed E-state index contributed by atoms with van der Waals surface area (Å²) >= 11 is 0. The standard InChI is InChI=1S/C55H36N2/c1-35-14-2-5-17-41(35)55-47-31-29-39(56-50-22-10-6-18-42(50)43-19-7-11-23-51(43)56)33-48(47)54(38-27-26-36-15-3-4-16-37(36)32-38)46-30-28-40(34-49(46)55)57-52-24-12-8-20-44(52)45-21-9-13-25-53(45)57/h2-34H,1H3. The zero-order valence-corrected chi connectivity index (χ0v) is 31.4. The molecule has 0 unspecified atom stereocenters. The van der Waals surface area contributed by atoms with Crippen molar-refractivity contribution in [2.45, 2.75) is 6.92 Å². The quantitative estimate of drug-likeness (QED) is 0.160. The van der Waals surface area contributed by atoms with E-state index >= 15 is 0 Å². The Labute approximate surface area is 330 Å². The van der Waals surface area contributed by atoms with E-state index in [4.69, 9.17) is 0 Å². The first kappa shape index (κ1) is 31.9. The average molecular weight is 725 g/mol. The van der Waals surface area contributed by atoms with E-state index in [0.717, 1.165) is 11.4 Å². The second kappa shape index (κ2) is 12.3. The minimum absolute atomic E-state index is 1.15. The molecule has 0 aliphatic carbocycles. The number of aromatic nitrogens is 2. The van der Waals surface area contributed by atoms with Crippen molar-refractivity contribution in [3.63, 3.8) is 0 Å². The van der Waals surface area contributed by atoms with Gasteiger partial charge >= 0.3 is 0 Å². The summed E-state index contributed by atoms with van der Waals surface area (Å²) in [7, 11) is 0. The summed E-state index contributed by atoms with van der Waals surface area (Å²) in [5.74, 6) is 0. The first-order chi connectivity index (χ1) is 28.2. The molecule has 0 bridgehead atoms. The highest BCUT2D eigenvalue weighted by molar-refractivity contribution is 6.23. The van der Waals surface area contributed by atoms with E-state index in [0.29, 0.717) is 0 Å². The SMILES string of the molecule is Cc1ccccc1-c1c2ccc(-n3c4ccccc4c4ccccc43)cc2c(-c2ccc3ccccc3c2)c2ccc(-n3c4ccccc4c4ccccc43)cc12. The summed E-state index contributed by atoms with van der Waals surface area (Å²) in [6.07, 6.45) is 0. The highest BCUT2D eigenvalue weighted by Gasteiger charge is 2.22. The lowest BCUT2D eigenvalue weighted by Crippen LogP contribution is -1.98. The third-order valence-corrected chi connectivity index (χ3v) is 12.2. The minimum atomic E-state index is 1.15. The van der Waals surface area contributed by atoms with Crippen molar-refractivity contribution in [3.8, 4) is 33.6 Å². The maximum Gasteiger partial charge on any atom is 0.0541 e. The van der Waals surface area contributed by atoms with Gasteiger partial charge in [-0.1, -0.05) is 146 Å². The second-order valence-electron chi connectivity index (χ2n) is 15.3.